The second kappa shape index (κ2) is 7.37. The van der Waals surface area contributed by atoms with E-state index < -0.39 is 23.6 Å². The number of benzene rings is 1. The summed E-state index contributed by atoms with van der Waals surface area (Å²) in [7, 11) is 1.25. The van der Waals surface area contributed by atoms with Crippen LogP contribution in [0.2, 0.25) is 0 Å². The van der Waals surface area contributed by atoms with E-state index >= 15 is 0 Å². The molecular weight excluding hydrogens is 270 g/mol. The Labute approximate surface area is 115 Å². The van der Waals surface area contributed by atoms with Crippen molar-refractivity contribution in [3.8, 4) is 0 Å². The molecule has 1 aromatic carbocycles. The largest absolute Gasteiger partial charge is 0.465 e. The Balaban J connectivity index is 2.88. The molecule has 0 saturated carbocycles. The van der Waals surface area contributed by atoms with Crippen LogP contribution in [0.4, 0.5) is 8.78 Å². The molecule has 0 fully saturated rings. The highest BCUT2D eigenvalue weighted by Crippen LogP contribution is 2.17. The van der Waals surface area contributed by atoms with Gasteiger partial charge in [-0.1, -0.05) is 12.1 Å². The molecule has 108 valence electrons. The first-order valence-electron chi connectivity index (χ1n) is 5.88. The summed E-state index contributed by atoms with van der Waals surface area (Å²) >= 11 is 0. The van der Waals surface area contributed by atoms with Crippen LogP contribution in [0.1, 0.15) is 22.8 Å². The van der Waals surface area contributed by atoms with Crippen molar-refractivity contribution in [2.45, 2.75) is 13.3 Å². The summed E-state index contributed by atoms with van der Waals surface area (Å²) in [5.41, 5.74) is 0.0878. The summed E-state index contributed by atoms with van der Waals surface area (Å²) in [4.78, 5) is 22.6. The monoisotopic (exact) mass is 284 g/mol. The number of rotatable bonds is 5. The molecule has 0 radical (unpaired) electrons. The van der Waals surface area contributed by atoms with Gasteiger partial charge in [0.25, 0.3) is 6.08 Å². The fourth-order valence-corrected chi connectivity index (χ4v) is 1.52. The number of carbonyl (C=O) groups is 2. The molecule has 0 unspecified atom stereocenters. The zero-order valence-electron chi connectivity index (χ0n) is 11.1. The third-order valence-corrected chi connectivity index (χ3v) is 2.51. The van der Waals surface area contributed by atoms with Crippen LogP contribution in [0.15, 0.2) is 35.9 Å². The van der Waals surface area contributed by atoms with Gasteiger partial charge in [-0.25, -0.2) is 9.59 Å². The molecule has 0 saturated heterocycles. The fraction of sp³-hybridized carbons (Fsp3) is 0.286. The van der Waals surface area contributed by atoms with Gasteiger partial charge in [-0.05, 0) is 24.6 Å². The lowest BCUT2D eigenvalue weighted by Crippen LogP contribution is -2.11. The predicted octanol–water partition coefficient (Wildman–Crippen LogP) is 2.73. The minimum atomic E-state index is -2.07. The van der Waals surface area contributed by atoms with E-state index in [0.29, 0.717) is 11.1 Å². The summed E-state index contributed by atoms with van der Waals surface area (Å²) in [5, 5.41) is 0. The number of hydrogen-bond acceptors (Lipinski definition) is 4. The third kappa shape index (κ3) is 4.15. The van der Waals surface area contributed by atoms with E-state index in [2.05, 4.69) is 9.47 Å². The smallest absolute Gasteiger partial charge is 0.339 e. The molecule has 0 spiro atoms. The maximum absolute atomic E-state index is 12.7. The first kappa shape index (κ1) is 15.8. The summed E-state index contributed by atoms with van der Waals surface area (Å²) in [6, 6.07) is 5.85. The average Bonchev–Trinajstić information content (AvgIpc) is 2.44. The Bertz CT molecular complexity index is 516. The molecule has 0 aliphatic carbocycles. The Morgan fingerprint density at radius 3 is 2.20 bits per heavy atom. The van der Waals surface area contributed by atoms with Crippen LogP contribution in [0.5, 0.6) is 0 Å². The minimum Gasteiger partial charge on any atom is -0.465 e. The lowest BCUT2D eigenvalue weighted by molar-refractivity contribution is -0.138. The van der Waals surface area contributed by atoms with E-state index in [1.165, 1.54) is 38.3 Å². The number of halogens is 2. The highest BCUT2D eigenvalue weighted by molar-refractivity contribution is 5.90. The van der Waals surface area contributed by atoms with Gasteiger partial charge >= 0.3 is 11.9 Å². The fourth-order valence-electron chi connectivity index (χ4n) is 1.52. The van der Waals surface area contributed by atoms with Gasteiger partial charge in [-0.3, -0.25) is 0 Å². The van der Waals surface area contributed by atoms with E-state index in [1.807, 2.05) is 0 Å². The van der Waals surface area contributed by atoms with Crippen molar-refractivity contribution in [1.29, 1.82) is 0 Å². The molecule has 0 N–H and O–H groups in total. The van der Waals surface area contributed by atoms with Gasteiger partial charge < -0.3 is 9.47 Å². The Hall–Kier alpha value is -2.24. The van der Waals surface area contributed by atoms with Crippen molar-refractivity contribution in [1.82, 2.24) is 0 Å². The molecule has 0 aliphatic rings. The summed E-state index contributed by atoms with van der Waals surface area (Å²) in [5.74, 6) is -1.56. The molecule has 1 aromatic rings. The van der Waals surface area contributed by atoms with Gasteiger partial charge in [0.15, 0.2) is 0 Å². The molecule has 20 heavy (non-hydrogen) atoms. The molecule has 6 heteroatoms. The second-order valence-electron chi connectivity index (χ2n) is 3.82. The quantitative estimate of drug-likeness (QED) is 0.616. The second-order valence-corrected chi connectivity index (χ2v) is 3.82. The van der Waals surface area contributed by atoms with Crippen LogP contribution in [-0.4, -0.2) is 25.7 Å². The van der Waals surface area contributed by atoms with Gasteiger partial charge in [0.05, 0.1) is 19.3 Å². The van der Waals surface area contributed by atoms with Crippen molar-refractivity contribution in [3.63, 3.8) is 0 Å². The van der Waals surface area contributed by atoms with Gasteiger partial charge in [0.2, 0.25) is 0 Å². The van der Waals surface area contributed by atoms with E-state index in [-0.39, 0.29) is 13.0 Å². The third-order valence-electron chi connectivity index (χ3n) is 2.51. The molecule has 0 aliphatic heterocycles. The van der Waals surface area contributed by atoms with E-state index in [0.717, 1.165) is 0 Å². The number of esters is 2. The molecule has 0 heterocycles. The summed E-state index contributed by atoms with van der Waals surface area (Å²) < 4.78 is 34.5. The molecular formula is C14H14F2O4. The van der Waals surface area contributed by atoms with Crippen molar-refractivity contribution < 1.29 is 27.8 Å². The molecule has 0 amide bonds. The highest BCUT2D eigenvalue weighted by atomic mass is 19.3. The van der Waals surface area contributed by atoms with Crippen molar-refractivity contribution >= 4 is 11.9 Å². The van der Waals surface area contributed by atoms with E-state index in [4.69, 9.17) is 0 Å². The first-order chi connectivity index (χ1) is 9.49. The van der Waals surface area contributed by atoms with Crippen LogP contribution in [-0.2, 0) is 20.7 Å². The lowest BCUT2D eigenvalue weighted by Gasteiger charge is -2.06. The van der Waals surface area contributed by atoms with Crippen molar-refractivity contribution in [3.05, 3.63) is 47.0 Å². The molecule has 0 atom stereocenters. The number of ether oxygens (including phenoxy) is 2. The van der Waals surface area contributed by atoms with Gasteiger partial charge in [0, 0.05) is 6.42 Å². The maximum Gasteiger partial charge on any atom is 0.339 e. The highest BCUT2D eigenvalue weighted by Gasteiger charge is 2.18. The Morgan fingerprint density at radius 2 is 1.75 bits per heavy atom. The van der Waals surface area contributed by atoms with Crippen molar-refractivity contribution in [2.75, 3.05) is 13.7 Å². The number of carbonyl (C=O) groups excluding carboxylic acids is 2. The van der Waals surface area contributed by atoms with E-state index in [9.17, 15) is 18.4 Å². The zero-order valence-corrected chi connectivity index (χ0v) is 11.1. The molecule has 4 nitrogen and oxygen atoms in total. The molecule has 0 aromatic heterocycles. The van der Waals surface area contributed by atoms with Crippen molar-refractivity contribution in [2.24, 2.45) is 0 Å². The lowest BCUT2D eigenvalue weighted by atomic mass is 10.0. The average molecular weight is 284 g/mol. The maximum atomic E-state index is 12.7. The number of hydrogen-bond donors (Lipinski definition) is 0. The normalized spacial score (nSPS) is 9.80. The van der Waals surface area contributed by atoms with E-state index in [1.54, 1.807) is 0 Å². The zero-order chi connectivity index (χ0) is 15.1. The SMILES string of the molecule is CCOC(=O)C(Cc1ccc(C(=O)OC)cc1)=C(F)F. The van der Waals surface area contributed by atoms with Crippen LogP contribution in [0.25, 0.3) is 0 Å². The molecule has 1 rings (SSSR count). The number of methoxy groups -OCH3 is 1. The first-order valence-corrected chi connectivity index (χ1v) is 5.88. The summed E-state index contributed by atoms with van der Waals surface area (Å²) in [6.07, 6.45) is -2.33. The van der Waals surface area contributed by atoms with Crippen LogP contribution >= 0.6 is 0 Å². The van der Waals surface area contributed by atoms with Crippen LogP contribution in [0, 0.1) is 0 Å². The standard InChI is InChI=1S/C14H14F2O4/c1-3-20-14(18)11(12(15)16)8-9-4-6-10(7-5-9)13(17)19-2/h4-7H,3,8H2,1-2H3. The topological polar surface area (TPSA) is 52.6 Å². The van der Waals surface area contributed by atoms with Gasteiger partial charge in [0.1, 0.15) is 5.57 Å². The Morgan fingerprint density at radius 1 is 1.15 bits per heavy atom. The van der Waals surface area contributed by atoms with Crippen LogP contribution in [0.3, 0.4) is 0 Å². The molecule has 0 bridgehead atoms. The van der Waals surface area contributed by atoms with Crippen LogP contribution < -0.4 is 0 Å². The minimum absolute atomic E-state index is 0.0247. The van der Waals surface area contributed by atoms with Gasteiger partial charge in [-0.2, -0.15) is 8.78 Å². The van der Waals surface area contributed by atoms with Gasteiger partial charge in [-0.15, -0.1) is 0 Å². The Kier molecular flexibility index (Phi) is 5.83. The predicted molar refractivity (Wildman–Crippen MR) is 67.4 cm³/mol. The summed E-state index contributed by atoms with van der Waals surface area (Å²) in [6.45, 7) is 1.56.